The molecule has 1 aromatic heterocycles. The van der Waals surface area contributed by atoms with Crippen LogP contribution in [0.25, 0.3) is 0 Å². The van der Waals surface area contributed by atoms with E-state index in [1.165, 1.54) is 7.05 Å². The summed E-state index contributed by atoms with van der Waals surface area (Å²) in [5, 5.41) is 0.744. The summed E-state index contributed by atoms with van der Waals surface area (Å²) in [6.45, 7) is 2.68. The van der Waals surface area contributed by atoms with E-state index < -0.39 is 0 Å². The Balaban J connectivity index is 1.95. The fourth-order valence-electron chi connectivity index (χ4n) is 3.10. The molecule has 6 heteroatoms. The van der Waals surface area contributed by atoms with Crippen molar-refractivity contribution in [2.75, 3.05) is 0 Å². The van der Waals surface area contributed by atoms with E-state index in [1.807, 2.05) is 24.3 Å². The summed E-state index contributed by atoms with van der Waals surface area (Å²) in [6, 6.07) is 9.97. The maximum absolute atomic E-state index is 12.2. The zero-order chi connectivity index (χ0) is 17.4. The zero-order valence-corrected chi connectivity index (χ0v) is 15.0. The molecule has 5 nitrogen and oxygen atoms in total. The number of rotatable bonds is 5. The number of aromatic nitrogens is 2. The molecule has 1 unspecified atom stereocenters. The molecule has 0 bridgehead atoms. The van der Waals surface area contributed by atoms with Crippen molar-refractivity contribution in [1.29, 1.82) is 0 Å². The van der Waals surface area contributed by atoms with Gasteiger partial charge in [-0.1, -0.05) is 29.8 Å². The highest BCUT2D eigenvalue weighted by Crippen LogP contribution is 2.37. The third kappa shape index (κ3) is 3.19. The first kappa shape index (κ1) is 17.0. The highest BCUT2D eigenvalue weighted by atomic mass is 35.5. The topological polar surface area (TPSA) is 47.2 Å². The minimum absolute atomic E-state index is 0.116. The van der Waals surface area contributed by atoms with Gasteiger partial charge in [-0.05, 0) is 31.4 Å². The molecule has 24 heavy (non-hydrogen) atoms. The summed E-state index contributed by atoms with van der Waals surface area (Å²) in [4.78, 5) is 26.5. The van der Waals surface area contributed by atoms with Crippen molar-refractivity contribution < 1.29 is 0 Å². The molecule has 2 aromatic rings. The Labute approximate surface area is 146 Å². The summed E-state index contributed by atoms with van der Waals surface area (Å²) in [5.41, 5.74) is 1.24. The third-order valence-corrected chi connectivity index (χ3v) is 5.18. The molecule has 0 aliphatic heterocycles. The fraction of sp³-hybridized carbons (Fsp3) is 0.444. The molecular formula is C18H22ClN3O2. The van der Waals surface area contributed by atoms with Crippen molar-refractivity contribution in [1.82, 2.24) is 14.0 Å². The highest BCUT2D eigenvalue weighted by molar-refractivity contribution is 6.31. The van der Waals surface area contributed by atoms with E-state index in [9.17, 15) is 9.59 Å². The molecular weight excluding hydrogens is 326 g/mol. The molecule has 0 radical (unpaired) electrons. The third-order valence-electron chi connectivity index (χ3n) is 4.84. The molecule has 0 spiro atoms. The van der Waals surface area contributed by atoms with Crippen LogP contribution >= 0.6 is 11.6 Å². The Bertz CT molecular complexity index is 867. The lowest BCUT2D eigenvalue weighted by molar-refractivity contribution is 0.185. The van der Waals surface area contributed by atoms with E-state index in [0.717, 1.165) is 33.7 Å². The van der Waals surface area contributed by atoms with Gasteiger partial charge in [-0.2, -0.15) is 0 Å². The molecule has 1 aliphatic carbocycles. The first-order valence-electron chi connectivity index (χ1n) is 8.16. The quantitative estimate of drug-likeness (QED) is 0.834. The van der Waals surface area contributed by atoms with E-state index in [0.29, 0.717) is 12.6 Å². The molecule has 1 fully saturated rings. The predicted octanol–water partition coefficient (Wildman–Crippen LogP) is 2.46. The van der Waals surface area contributed by atoms with Crippen molar-refractivity contribution in [3.05, 3.63) is 67.4 Å². The lowest BCUT2D eigenvalue weighted by Crippen LogP contribution is -2.40. The van der Waals surface area contributed by atoms with Crippen LogP contribution in [0.1, 0.15) is 37.1 Å². The second kappa shape index (κ2) is 6.57. The Kier molecular flexibility index (Phi) is 4.65. The van der Waals surface area contributed by atoms with Crippen LogP contribution in [0.2, 0.25) is 5.02 Å². The maximum Gasteiger partial charge on any atom is 0.330 e. The van der Waals surface area contributed by atoms with Crippen LogP contribution in [0.4, 0.5) is 0 Å². The molecule has 1 aliphatic rings. The van der Waals surface area contributed by atoms with Gasteiger partial charge >= 0.3 is 5.69 Å². The summed E-state index contributed by atoms with van der Waals surface area (Å²) in [6.07, 6.45) is 2.27. The van der Waals surface area contributed by atoms with Crippen LogP contribution < -0.4 is 11.2 Å². The number of hydrogen-bond acceptors (Lipinski definition) is 3. The summed E-state index contributed by atoms with van der Waals surface area (Å²) in [7, 11) is 3.21. The Morgan fingerprint density at radius 3 is 2.50 bits per heavy atom. The Morgan fingerprint density at radius 1 is 1.21 bits per heavy atom. The number of halogens is 1. The first-order valence-corrected chi connectivity index (χ1v) is 8.54. The van der Waals surface area contributed by atoms with E-state index in [1.54, 1.807) is 17.7 Å². The Morgan fingerprint density at radius 2 is 1.88 bits per heavy atom. The summed E-state index contributed by atoms with van der Waals surface area (Å²) >= 11 is 6.36. The van der Waals surface area contributed by atoms with Crippen LogP contribution in [0.3, 0.4) is 0 Å². The Hall–Kier alpha value is -1.85. The van der Waals surface area contributed by atoms with Gasteiger partial charge in [0.05, 0.1) is 0 Å². The summed E-state index contributed by atoms with van der Waals surface area (Å²) < 4.78 is 2.68. The van der Waals surface area contributed by atoms with E-state index >= 15 is 0 Å². The summed E-state index contributed by atoms with van der Waals surface area (Å²) in [5.74, 6) is 0. The lowest BCUT2D eigenvalue weighted by Gasteiger charge is -2.30. The number of nitrogens with zero attached hydrogens (tertiary/aromatic N) is 3. The van der Waals surface area contributed by atoms with Crippen LogP contribution in [0.5, 0.6) is 0 Å². The van der Waals surface area contributed by atoms with Gasteiger partial charge in [-0.25, -0.2) is 4.79 Å². The lowest BCUT2D eigenvalue weighted by atomic mass is 10.1. The average Bonchev–Trinajstić information content (AvgIpc) is 3.39. The standard InChI is InChI=1S/C18H22ClN3O2/c1-12(15-6-4-5-7-16(15)19)22(13-8-9-13)11-14-10-17(23)21(3)18(24)20(14)2/h4-7,10,12-13H,8-9,11H2,1-3H3. The smallest absolute Gasteiger partial charge is 0.299 e. The molecule has 3 rings (SSSR count). The first-order chi connectivity index (χ1) is 11.4. The highest BCUT2D eigenvalue weighted by Gasteiger charge is 2.33. The second-order valence-electron chi connectivity index (χ2n) is 6.48. The molecule has 0 amide bonds. The van der Waals surface area contributed by atoms with Crippen LogP contribution in [0.15, 0.2) is 39.9 Å². The fourth-order valence-corrected chi connectivity index (χ4v) is 3.39. The van der Waals surface area contributed by atoms with Crippen molar-refractivity contribution in [2.24, 2.45) is 14.1 Å². The van der Waals surface area contributed by atoms with E-state index in [-0.39, 0.29) is 17.3 Å². The molecule has 1 saturated carbocycles. The van der Waals surface area contributed by atoms with Crippen molar-refractivity contribution >= 4 is 11.6 Å². The van der Waals surface area contributed by atoms with Gasteiger partial charge in [0.1, 0.15) is 0 Å². The van der Waals surface area contributed by atoms with Crippen LogP contribution in [-0.4, -0.2) is 20.1 Å². The molecule has 128 valence electrons. The molecule has 1 atom stereocenters. The van der Waals surface area contributed by atoms with Gasteiger partial charge in [0.2, 0.25) is 0 Å². The molecule has 1 heterocycles. The molecule has 0 N–H and O–H groups in total. The van der Waals surface area contributed by atoms with Crippen molar-refractivity contribution in [2.45, 2.75) is 38.4 Å². The van der Waals surface area contributed by atoms with Crippen molar-refractivity contribution in [3.8, 4) is 0 Å². The van der Waals surface area contributed by atoms with Gasteiger partial charge in [0, 0.05) is 49.5 Å². The van der Waals surface area contributed by atoms with Crippen molar-refractivity contribution in [3.63, 3.8) is 0 Å². The van der Waals surface area contributed by atoms with Gasteiger partial charge in [-0.15, -0.1) is 0 Å². The second-order valence-corrected chi connectivity index (χ2v) is 6.88. The minimum atomic E-state index is -0.293. The van der Waals surface area contributed by atoms with Gasteiger partial charge in [-0.3, -0.25) is 18.8 Å². The van der Waals surface area contributed by atoms with E-state index in [2.05, 4.69) is 11.8 Å². The monoisotopic (exact) mass is 347 g/mol. The predicted molar refractivity (Wildman–Crippen MR) is 95.4 cm³/mol. The van der Waals surface area contributed by atoms with Gasteiger partial charge in [0.25, 0.3) is 5.56 Å². The number of benzene rings is 1. The average molecular weight is 348 g/mol. The normalized spacial score (nSPS) is 15.7. The molecule has 0 saturated heterocycles. The minimum Gasteiger partial charge on any atom is -0.299 e. The van der Waals surface area contributed by atoms with Crippen LogP contribution in [0, 0.1) is 0 Å². The number of hydrogen-bond donors (Lipinski definition) is 0. The van der Waals surface area contributed by atoms with Gasteiger partial charge < -0.3 is 0 Å². The zero-order valence-electron chi connectivity index (χ0n) is 14.2. The molecule has 1 aromatic carbocycles. The largest absolute Gasteiger partial charge is 0.330 e. The SMILES string of the molecule is CC(c1ccccc1Cl)N(Cc1cc(=O)n(C)c(=O)n1C)C1CC1. The van der Waals surface area contributed by atoms with Crippen LogP contribution in [-0.2, 0) is 20.6 Å². The van der Waals surface area contributed by atoms with E-state index in [4.69, 9.17) is 11.6 Å². The van der Waals surface area contributed by atoms with Gasteiger partial charge in [0.15, 0.2) is 0 Å². The maximum atomic E-state index is 12.2.